The fourth-order valence-electron chi connectivity index (χ4n) is 2.23. The third-order valence-electron chi connectivity index (χ3n) is 3.41. The van der Waals surface area contributed by atoms with Gasteiger partial charge >= 0.3 is 0 Å². The van der Waals surface area contributed by atoms with Gasteiger partial charge in [-0.3, -0.25) is 0 Å². The highest BCUT2D eigenvalue weighted by Crippen LogP contribution is 2.34. The molecule has 1 heterocycles. The summed E-state index contributed by atoms with van der Waals surface area (Å²) in [5, 5.41) is 0. The number of rotatable bonds is 4. The first-order valence-corrected chi connectivity index (χ1v) is 9.81. The number of ether oxygens (including phenoxy) is 2. The van der Waals surface area contributed by atoms with E-state index in [0.29, 0.717) is 20.4 Å². The fraction of sp³-hybridized carbons (Fsp3) is 0.200. The van der Waals surface area contributed by atoms with Gasteiger partial charge < -0.3 is 9.47 Å². The molecule has 0 amide bonds. The first kappa shape index (κ1) is 16.8. The van der Waals surface area contributed by atoms with Crippen molar-refractivity contribution < 1.29 is 17.9 Å². The second-order valence-corrected chi connectivity index (χ2v) is 8.48. The molecule has 0 bridgehead atoms. The summed E-state index contributed by atoms with van der Waals surface area (Å²) in [4.78, 5) is 0.180. The third-order valence-corrected chi connectivity index (χ3v) is 6.44. The molecule has 0 spiro atoms. The van der Waals surface area contributed by atoms with Crippen LogP contribution in [0.1, 0.15) is 18.5 Å². The number of halogens is 2. The van der Waals surface area contributed by atoms with Crippen molar-refractivity contribution in [2.75, 3.05) is 6.79 Å². The van der Waals surface area contributed by atoms with Crippen LogP contribution in [0.4, 0.5) is 0 Å². The lowest BCUT2D eigenvalue weighted by atomic mass is 10.1. The van der Waals surface area contributed by atoms with Crippen molar-refractivity contribution in [2.45, 2.75) is 17.9 Å². The predicted molar refractivity (Wildman–Crippen MR) is 93.1 cm³/mol. The maximum absolute atomic E-state index is 12.6. The lowest BCUT2D eigenvalue weighted by molar-refractivity contribution is 0.174. The van der Waals surface area contributed by atoms with Crippen molar-refractivity contribution in [2.24, 2.45) is 0 Å². The number of fused-ring (bicyclic) bond motifs is 1. The first-order valence-electron chi connectivity index (χ1n) is 6.74. The van der Waals surface area contributed by atoms with Crippen molar-refractivity contribution in [3.05, 3.63) is 50.9 Å². The van der Waals surface area contributed by atoms with E-state index >= 15 is 0 Å². The number of nitrogens with one attached hydrogen (secondary N) is 1. The van der Waals surface area contributed by atoms with Crippen LogP contribution in [-0.2, 0) is 10.0 Å². The van der Waals surface area contributed by atoms with Gasteiger partial charge in [-0.2, -0.15) is 0 Å². The number of benzene rings is 2. The van der Waals surface area contributed by atoms with E-state index in [-0.39, 0.29) is 11.7 Å². The van der Waals surface area contributed by atoms with Gasteiger partial charge in [-0.1, -0.05) is 22.0 Å². The SMILES string of the molecule is CC(NS(=O)(=O)c1cc(Br)ccc1Br)c1ccc2c(c1)OCO2. The summed E-state index contributed by atoms with van der Waals surface area (Å²) in [6.07, 6.45) is 0. The maximum atomic E-state index is 12.6. The van der Waals surface area contributed by atoms with Gasteiger partial charge in [0.05, 0.1) is 4.90 Å². The Hall–Kier alpha value is -1.09. The molecule has 1 aliphatic rings. The molecule has 5 nitrogen and oxygen atoms in total. The maximum Gasteiger partial charge on any atom is 0.242 e. The van der Waals surface area contributed by atoms with Crippen molar-refractivity contribution in [1.82, 2.24) is 4.72 Å². The van der Waals surface area contributed by atoms with E-state index in [1.165, 1.54) is 0 Å². The molecule has 3 rings (SSSR count). The molecule has 0 aromatic heterocycles. The largest absolute Gasteiger partial charge is 0.454 e. The standard InChI is InChI=1S/C15H13Br2NO4S/c1-9(10-2-5-13-14(6-10)22-8-21-13)18-23(19,20)15-7-11(16)3-4-12(15)17/h2-7,9,18H,8H2,1H3. The van der Waals surface area contributed by atoms with Gasteiger partial charge in [0.1, 0.15) is 0 Å². The summed E-state index contributed by atoms with van der Waals surface area (Å²) >= 11 is 6.57. The van der Waals surface area contributed by atoms with E-state index in [4.69, 9.17) is 9.47 Å². The number of sulfonamides is 1. The summed E-state index contributed by atoms with van der Waals surface area (Å²) in [7, 11) is -3.67. The molecule has 23 heavy (non-hydrogen) atoms. The van der Waals surface area contributed by atoms with Gasteiger partial charge in [0.25, 0.3) is 0 Å². The van der Waals surface area contributed by atoms with Crippen LogP contribution in [0.3, 0.4) is 0 Å². The smallest absolute Gasteiger partial charge is 0.242 e. The van der Waals surface area contributed by atoms with Gasteiger partial charge in [-0.05, 0) is 58.7 Å². The Labute approximate surface area is 151 Å². The normalized spacial score (nSPS) is 14.7. The van der Waals surface area contributed by atoms with Crippen LogP contribution in [-0.4, -0.2) is 15.2 Å². The fourth-order valence-corrected chi connectivity index (χ4v) is 4.96. The van der Waals surface area contributed by atoms with E-state index in [2.05, 4.69) is 36.6 Å². The highest BCUT2D eigenvalue weighted by Gasteiger charge is 2.23. The summed E-state index contributed by atoms with van der Waals surface area (Å²) in [5.41, 5.74) is 0.795. The molecule has 8 heteroatoms. The van der Waals surface area contributed by atoms with Crippen molar-refractivity contribution in [3.8, 4) is 11.5 Å². The minimum Gasteiger partial charge on any atom is -0.454 e. The first-order chi connectivity index (χ1) is 10.9. The molecule has 2 aromatic carbocycles. The zero-order valence-corrected chi connectivity index (χ0v) is 16.0. The Morgan fingerprint density at radius 2 is 1.83 bits per heavy atom. The summed E-state index contributed by atoms with van der Waals surface area (Å²) in [6.45, 7) is 1.96. The molecule has 122 valence electrons. The molecular formula is C15H13Br2NO4S. The van der Waals surface area contributed by atoms with Crippen LogP contribution in [0.15, 0.2) is 50.2 Å². The average molecular weight is 463 g/mol. The van der Waals surface area contributed by atoms with E-state index in [9.17, 15) is 8.42 Å². The predicted octanol–water partition coefficient (Wildman–Crippen LogP) is 3.98. The van der Waals surface area contributed by atoms with E-state index in [1.807, 2.05) is 6.07 Å². The number of hydrogen-bond acceptors (Lipinski definition) is 4. The van der Waals surface area contributed by atoms with Crippen LogP contribution < -0.4 is 14.2 Å². The molecule has 0 aliphatic carbocycles. The lowest BCUT2D eigenvalue weighted by Crippen LogP contribution is -2.27. The third kappa shape index (κ3) is 3.55. The van der Waals surface area contributed by atoms with E-state index < -0.39 is 16.1 Å². The second kappa shape index (κ2) is 6.43. The van der Waals surface area contributed by atoms with Gasteiger partial charge in [-0.15, -0.1) is 0 Å². The quantitative estimate of drug-likeness (QED) is 0.746. The summed E-state index contributed by atoms with van der Waals surface area (Å²) < 4.78 is 39.7. The zero-order valence-electron chi connectivity index (χ0n) is 12.0. The Morgan fingerprint density at radius 3 is 2.61 bits per heavy atom. The van der Waals surface area contributed by atoms with Crippen LogP contribution in [0.25, 0.3) is 0 Å². The molecule has 1 N–H and O–H groups in total. The highest BCUT2D eigenvalue weighted by atomic mass is 79.9. The Morgan fingerprint density at radius 1 is 1.09 bits per heavy atom. The Balaban J connectivity index is 1.86. The molecule has 0 fully saturated rings. The monoisotopic (exact) mass is 461 g/mol. The van der Waals surface area contributed by atoms with Crippen molar-refractivity contribution in [1.29, 1.82) is 0 Å². The van der Waals surface area contributed by atoms with Crippen LogP contribution in [0, 0.1) is 0 Å². The number of hydrogen-bond donors (Lipinski definition) is 1. The van der Waals surface area contributed by atoms with Gasteiger partial charge in [-0.25, -0.2) is 13.1 Å². The van der Waals surface area contributed by atoms with Gasteiger partial charge in [0.15, 0.2) is 11.5 Å². The molecule has 2 aromatic rings. The van der Waals surface area contributed by atoms with Crippen LogP contribution in [0.5, 0.6) is 11.5 Å². The molecule has 1 unspecified atom stereocenters. The molecule has 1 aliphatic heterocycles. The topological polar surface area (TPSA) is 64.6 Å². The van der Waals surface area contributed by atoms with Gasteiger partial charge in [0.2, 0.25) is 16.8 Å². The van der Waals surface area contributed by atoms with Crippen molar-refractivity contribution >= 4 is 41.9 Å². The molecular weight excluding hydrogens is 450 g/mol. The Bertz CT molecular complexity index is 855. The average Bonchev–Trinajstić information content (AvgIpc) is 2.96. The van der Waals surface area contributed by atoms with Crippen molar-refractivity contribution in [3.63, 3.8) is 0 Å². The van der Waals surface area contributed by atoms with E-state index in [0.717, 1.165) is 5.56 Å². The van der Waals surface area contributed by atoms with Crippen LogP contribution >= 0.6 is 31.9 Å². The lowest BCUT2D eigenvalue weighted by Gasteiger charge is -2.16. The minimum absolute atomic E-state index is 0.180. The Kier molecular flexibility index (Phi) is 4.68. The van der Waals surface area contributed by atoms with E-state index in [1.54, 1.807) is 37.3 Å². The molecule has 1 atom stereocenters. The summed E-state index contributed by atoms with van der Waals surface area (Å²) in [6, 6.07) is 9.97. The molecule has 0 saturated heterocycles. The highest BCUT2D eigenvalue weighted by molar-refractivity contribution is 9.11. The van der Waals surface area contributed by atoms with Gasteiger partial charge in [0, 0.05) is 15.0 Å². The summed E-state index contributed by atoms with van der Waals surface area (Å²) in [5.74, 6) is 1.29. The molecule has 0 radical (unpaired) electrons. The van der Waals surface area contributed by atoms with Crippen LogP contribution in [0.2, 0.25) is 0 Å². The second-order valence-electron chi connectivity index (χ2n) is 5.03. The molecule has 0 saturated carbocycles. The zero-order chi connectivity index (χ0) is 16.6. The minimum atomic E-state index is -3.67.